The first kappa shape index (κ1) is 60.4. The number of methoxy groups -OCH3 is 2. The van der Waals surface area contributed by atoms with Gasteiger partial charge in [0.05, 0.1) is 30.9 Å². The average Bonchev–Trinajstić information content (AvgIpc) is 3.40. The van der Waals surface area contributed by atoms with Crippen LogP contribution in [0.15, 0.2) is 97.5 Å². The third-order valence-electron chi connectivity index (χ3n) is 14.1. The molecule has 0 aliphatic carbocycles. The van der Waals surface area contributed by atoms with Crippen LogP contribution in [-0.2, 0) is 27.3 Å². The van der Waals surface area contributed by atoms with E-state index in [0.29, 0.717) is 54.3 Å². The fourth-order valence-corrected chi connectivity index (χ4v) is 8.67. The Morgan fingerprint density at radius 2 is 1.58 bits per heavy atom. The van der Waals surface area contributed by atoms with Crippen molar-refractivity contribution in [1.82, 2.24) is 30.1 Å². The van der Waals surface area contributed by atoms with Gasteiger partial charge in [0.25, 0.3) is 5.91 Å². The van der Waals surface area contributed by atoms with E-state index in [1.54, 1.807) is 46.7 Å². The summed E-state index contributed by atoms with van der Waals surface area (Å²) in [5, 5.41) is 20.2. The Morgan fingerprint density at radius 3 is 2.22 bits per heavy atom. The highest BCUT2D eigenvalue weighted by Crippen LogP contribution is 2.32. The van der Waals surface area contributed by atoms with E-state index in [1.165, 1.54) is 5.56 Å². The number of primary amides is 1. The molecule has 8 N–H and O–H groups in total. The maximum Gasteiger partial charge on any atom is 0.255 e. The number of hydrogen-bond donors (Lipinski definition) is 6. The number of aliphatic hydroxyl groups excluding tert-OH is 1. The number of pyridine rings is 1. The first-order valence-electron chi connectivity index (χ1n) is 26.5. The van der Waals surface area contributed by atoms with Crippen LogP contribution in [0.25, 0.3) is 11.3 Å². The van der Waals surface area contributed by atoms with Gasteiger partial charge in [-0.2, -0.15) is 0 Å². The van der Waals surface area contributed by atoms with Gasteiger partial charge >= 0.3 is 0 Å². The van der Waals surface area contributed by atoms with Gasteiger partial charge in [0.1, 0.15) is 0 Å². The topological polar surface area (TPSA) is 232 Å². The molecule has 0 spiro atoms. The summed E-state index contributed by atoms with van der Waals surface area (Å²) in [6.45, 7) is 20.1. The third-order valence-corrected chi connectivity index (χ3v) is 14.1. The molecule has 4 atom stereocenters. The number of amides is 3. The quantitative estimate of drug-likeness (QED) is 0.0289. The molecule has 6 rings (SSSR count). The zero-order chi connectivity index (χ0) is 55.4. The van der Waals surface area contributed by atoms with E-state index in [-0.39, 0.29) is 36.6 Å². The van der Waals surface area contributed by atoms with Gasteiger partial charge in [-0.1, -0.05) is 52.0 Å². The highest BCUT2D eigenvalue weighted by atomic mass is 16.5. The number of nitrogens with zero attached hydrogens (tertiary/aromatic N) is 5. The minimum Gasteiger partial charge on any atom is -0.493 e. The van der Waals surface area contributed by atoms with Crippen molar-refractivity contribution in [3.8, 4) is 22.8 Å². The SMILES string of the molecule is COCCCOc1cc(C[C@@H](C[C@H](N)[C@@H](O)C[C@H](C(=O)NCC(C)(C)C(N)=O)C(C)C)C(C)C)ccc1OC.Cc1ccc(NC(=O)c2ccc(CN3CCN(C)CC3)cc2)cc1Nc1nccc(-c2cccnc2)n1. The van der Waals surface area contributed by atoms with Gasteiger partial charge in [-0.05, 0) is 136 Å². The first-order valence-corrected chi connectivity index (χ1v) is 26.5. The Balaban J connectivity index is 0.000000281. The van der Waals surface area contributed by atoms with Crippen molar-refractivity contribution in [1.29, 1.82) is 0 Å². The molecule has 2 aromatic heterocycles. The van der Waals surface area contributed by atoms with E-state index in [1.807, 2.05) is 99.6 Å². The van der Waals surface area contributed by atoms with Gasteiger partial charge in [-0.25, -0.2) is 9.97 Å². The number of carbonyl (C=O) groups excluding carboxylic acids is 3. The molecule has 0 saturated carbocycles. The molecular weight excluding hydrogens is 961 g/mol. The summed E-state index contributed by atoms with van der Waals surface area (Å²) in [4.78, 5) is 55.4. The van der Waals surface area contributed by atoms with Gasteiger partial charge in [-0.15, -0.1) is 0 Å². The third kappa shape index (κ3) is 19.0. The number of benzene rings is 3. The van der Waals surface area contributed by atoms with E-state index in [2.05, 4.69) is 61.6 Å². The minimum atomic E-state index is -0.854. The second-order valence-electron chi connectivity index (χ2n) is 21.3. The van der Waals surface area contributed by atoms with E-state index in [4.69, 9.17) is 25.7 Å². The van der Waals surface area contributed by atoms with Crippen molar-refractivity contribution < 1.29 is 33.7 Å². The molecule has 3 heterocycles. The van der Waals surface area contributed by atoms with Gasteiger partial charge in [0.15, 0.2) is 11.5 Å². The molecule has 1 aliphatic rings. The highest BCUT2D eigenvalue weighted by molar-refractivity contribution is 6.04. The van der Waals surface area contributed by atoms with Crippen LogP contribution in [0, 0.1) is 36.0 Å². The smallest absolute Gasteiger partial charge is 0.255 e. The second-order valence-corrected chi connectivity index (χ2v) is 21.3. The van der Waals surface area contributed by atoms with E-state index < -0.39 is 29.4 Å². The fourth-order valence-electron chi connectivity index (χ4n) is 8.67. The monoisotopic (exact) mass is 1040 g/mol. The largest absolute Gasteiger partial charge is 0.493 e. The number of nitrogens with one attached hydrogen (secondary N) is 3. The predicted molar refractivity (Wildman–Crippen MR) is 301 cm³/mol. The summed E-state index contributed by atoms with van der Waals surface area (Å²) < 4.78 is 16.5. The number of likely N-dealkylation sites (N-methyl/N-ethyl adjacent to an activating group) is 1. The molecule has 1 saturated heterocycles. The Kier molecular flexibility index (Phi) is 23.6. The molecule has 17 nitrogen and oxygen atoms in total. The zero-order valence-electron chi connectivity index (χ0n) is 46.5. The van der Waals surface area contributed by atoms with Crippen LogP contribution in [0.1, 0.15) is 87.9 Å². The lowest BCUT2D eigenvalue weighted by molar-refractivity contribution is -0.130. The van der Waals surface area contributed by atoms with Crippen LogP contribution in [-0.4, -0.2) is 127 Å². The number of aryl methyl sites for hydroxylation is 1. The van der Waals surface area contributed by atoms with Crippen LogP contribution in [0.2, 0.25) is 0 Å². The minimum absolute atomic E-state index is 0.00829. The second kappa shape index (κ2) is 29.7. The number of aromatic nitrogens is 3. The molecular formula is C59H84N10O7. The summed E-state index contributed by atoms with van der Waals surface area (Å²) >= 11 is 0. The molecule has 17 heteroatoms. The molecule has 3 amide bonds. The Hall–Kier alpha value is -6.50. The van der Waals surface area contributed by atoms with Gasteiger partial charge in [0.2, 0.25) is 17.8 Å². The van der Waals surface area contributed by atoms with E-state index in [9.17, 15) is 19.5 Å². The molecule has 1 fully saturated rings. The normalized spacial score (nSPS) is 14.7. The molecule has 0 unspecified atom stereocenters. The lowest BCUT2D eigenvalue weighted by Crippen LogP contribution is -2.46. The number of anilines is 3. The van der Waals surface area contributed by atoms with Gasteiger partial charge in [0, 0.05) is 112 Å². The van der Waals surface area contributed by atoms with Crippen molar-refractivity contribution >= 4 is 35.0 Å². The molecule has 0 radical (unpaired) electrons. The Morgan fingerprint density at radius 1 is 0.855 bits per heavy atom. The highest BCUT2D eigenvalue weighted by Gasteiger charge is 2.32. The van der Waals surface area contributed by atoms with E-state index >= 15 is 0 Å². The average molecular weight is 1050 g/mol. The lowest BCUT2D eigenvalue weighted by atomic mass is 9.80. The maximum atomic E-state index is 12.9. The zero-order valence-corrected chi connectivity index (χ0v) is 46.5. The van der Waals surface area contributed by atoms with Crippen LogP contribution in [0.3, 0.4) is 0 Å². The number of hydrogen-bond acceptors (Lipinski definition) is 14. The number of carbonyl (C=O) groups is 3. The summed E-state index contributed by atoms with van der Waals surface area (Å²) in [5.41, 5.74) is 18.3. The number of nitrogens with two attached hydrogens (primary N) is 2. The number of aliphatic hydroxyl groups is 1. The van der Waals surface area contributed by atoms with Crippen LogP contribution in [0.5, 0.6) is 11.5 Å². The van der Waals surface area contributed by atoms with Crippen LogP contribution in [0.4, 0.5) is 17.3 Å². The molecule has 76 heavy (non-hydrogen) atoms. The van der Waals surface area contributed by atoms with Crippen molar-refractivity contribution in [3.63, 3.8) is 0 Å². The molecule has 3 aromatic carbocycles. The number of piperazine rings is 1. The van der Waals surface area contributed by atoms with Gasteiger partial charge in [-0.3, -0.25) is 24.3 Å². The fraction of sp³-hybridized carbons (Fsp3) is 0.492. The number of rotatable bonds is 26. The molecule has 1 aliphatic heterocycles. The summed E-state index contributed by atoms with van der Waals surface area (Å²) in [6.07, 6.45) is 6.78. The lowest BCUT2D eigenvalue weighted by Gasteiger charge is -2.32. The van der Waals surface area contributed by atoms with Crippen LogP contribution < -0.4 is 36.9 Å². The first-order chi connectivity index (χ1) is 36.3. The number of ether oxygens (including phenoxy) is 3. The summed E-state index contributed by atoms with van der Waals surface area (Å²) in [7, 11) is 5.45. The van der Waals surface area contributed by atoms with Crippen molar-refractivity contribution in [3.05, 3.63) is 120 Å². The summed E-state index contributed by atoms with van der Waals surface area (Å²) in [6, 6.07) is 24.8. The van der Waals surface area contributed by atoms with Crippen molar-refractivity contribution in [2.24, 2.45) is 40.6 Å². The Labute approximate surface area is 450 Å². The molecule has 412 valence electrons. The van der Waals surface area contributed by atoms with Crippen molar-refractivity contribution in [2.75, 3.05) is 77.8 Å². The van der Waals surface area contributed by atoms with Gasteiger partial charge < -0.3 is 51.6 Å². The summed E-state index contributed by atoms with van der Waals surface area (Å²) in [5.74, 6) is 1.13. The van der Waals surface area contributed by atoms with Crippen molar-refractivity contribution in [2.45, 2.75) is 92.8 Å². The van der Waals surface area contributed by atoms with Crippen LogP contribution >= 0.6 is 0 Å². The predicted octanol–water partition coefficient (Wildman–Crippen LogP) is 7.88. The Bertz CT molecular complexity index is 2590. The molecule has 0 bridgehead atoms. The van der Waals surface area contributed by atoms with E-state index in [0.717, 1.165) is 73.6 Å². The maximum absolute atomic E-state index is 12.9. The standard InChI is InChI=1S/C30H53N3O6.C29H31N7O/c1-19(2)22(14-21-10-11-26(38-8)27(15-21)39-13-9-12-37-7)16-24(31)25(34)17-23(20(3)4)28(35)33-18-30(5,6)29(32)36;1-21-5-10-25(18-27(21)34-29-31-13-11-26(33-29)24-4-3-12-30-19-24)32-28(37)23-8-6-22(7-9-23)20-36-16-14-35(2)15-17-36/h10-11,15,19-20,22-25,34H,9,12-14,16-18,31H2,1-8H3,(H2,32,36)(H,33,35);3-13,18-19H,14-17,20H2,1-2H3,(H,32,37)(H,31,33,34)/t22-,23-,24-,25-;/m0./s1. The molecule has 5 aromatic rings.